The van der Waals surface area contributed by atoms with Gasteiger partial charge in [-0.15, -0.1) is 11.8 Å². The number of furan rings is 1. The van der Waals surface area contributed by atoms with Gasteiger partial charge in [-0.1, -0.05) is 12.1 Å². The molecule has 0 N–H and O–H groups in total. The Kier molecular flexibility index (Phi) is 3.66. The summed E-state index contributed by atoms with van der Waals surface area (Å²) < 4.78 is 9.92. The molecule has 2 aromatic rings. The first-order valence-electron chi connectivity index (χ1n) is 5.87. The normalized spacial score (nSPS) is 11.7. The maximum Gasteiger partial charge on any atom is 0.321 e. The predicted octanol–water partition coefficient (Wildman–Crippen LogP) is 3.87. The average molecular weight is 264 g/mol. The summed E-state index contributed by atoms with van der Waals surface area (Å²) in [7, 11) is 0. The highest BCUT2D eigenvalue weighted by molar-refractivity contribution is 8.01. The van der Waals surface area contributed by atoms with E-state index in [1.807, 2.05) is 45.0 Å². The zero-order chi connectivity index (χ0) is 13.2. The van der Waals surface area contributed by atoms with Crippen LogP contribution in [0.3, 0.4) is 0 Å². The summed E-state index contributed by atoms with van der Waals surface area (Å²) >= 11 is 1.46. The van der Waals surface area contributed by atoms with Gasteiger partial charge in [0.2, 0.25) is 0 Å². The molecular formula is C14H16O3S. The van der Waals surface area contributed by atoms with Crippen LogP contribution in [0.1, 0.15) is 20.8 Å². The van der Waals surface area contributed by atoms with Gasteiger partial charge in [-0.2, -0.15) is 0 Å². The Hall–Kier alpha value is -1.42. The number of thioether (sulfide) groups is 1. The van der Waals surface area contributed by atoms with E-state index in [9.17, 15) is 4.79 Å². The molecule has 3 nitrogen and oxygen atoms in total. The van der Waals surface area contributed by atoms with E-state index in [1.165, 1.54) is 11.8 Å². The highest BCUT2D eigenvalue weighted by Crippen LogP contribution is 2.38. The van der Waals surface area contributed by atoms with Crippen LogP contribution in [0.2, 0.25) is 0 Å². The number of esters is 1. The van der Waals surface area contributed by atoms with Gasteiger partial charge in [0.1, 0.15) is 16.6 Å². The maximum absolute atomic E-state index is 11.9. The van der Waals surface area contributed by atoms with Gasteiger partial charge in [0, 0.05) is 5.39 Å². The Morgan fingerprint density at radius 3 is 2.83 bits per heavy atom. The molecule has 18 heavy (non-hydrogen) atoms. The fourth-order valence-electron chi connectivity index (χ4n) is 1.65. The van der Waals surface area contributed by atoms with Crippen LogP contribution in [0.15, 0.2) is 39.8 Å². The van der Waals surface area contributed by atoms with Gasteiger partial charge in [0.25, 0.3) is 0 Å². The van der Waals surface area contributed by atoms with Gasteiger partial charge in [-0.05, 0) is 32.9 Å². The smallest absolute Gasteiger partial charge is 0.321 e. The SMILES string of the molecule is CCOC(=O)C(C)(C)Sc1coc2ccccc12. The summed E-state index contributed by atoms with van der Waals surface area (Å²) in [4.78, 5) is 12.8. The summed E-state index contributed by atoms with van der Waals surface area (Å²) in [5.41, 5.74) is 0.833. The largest absolute Gasteiger partial charge is 0.465 e. The third-order valence-electron chi connectivity index (χ3n) is 2.58. The Morgan fingerprint density at radius 1 is 1.39 bits per heavy atom. The van der Waals surface area contributed by atoms with Gasteiger partial charge < -0.3 is 9.15 Å². The van der Waals surface area contributed by atoms with Crippen molar-refractivity contribution in [2.24, 2.45) is 0 Å². The van der Waals surface area contributed by atoms with E-state index in [2.05, 4.69) is 0 Å². The topological polar surface area (TPSA) is 39.4 Å². The van der Waals surface area contributed by atoms with Gasteiger partial charge >= 0.3 is 5.97 Å². The highest BCUT2D eigenvalue weighted by Gasteiger charge is 2.31. The van der Waals surface area contributed by atoms with Crippen molar-refractivity contribution in [3.8, 4) is 0 Å². The molecule has 0 saturated heterocycles. The molecule has 1 aromatic carbocycles. The quantitative estimate of drug-likeness (QED) is 0.621. The zero-order valence-corrected chi connectivity index (χ0v) is 11.5. The number of hydrogen-bond donors (Lipinski definition) is 0. The van der Waals surface area contributed by atoms with Crippen molar-refractivity contribution < 1.29 is 13.9 Å². The van der Waals surface area contributed by atoms with Crippen LogP contribution in [-0.4, -0.2) is 17.3 Å². The number of carbonyl (C=O) groups is 1. The number of rotatable bonds is 4. The average Bonchev–Trinajstić information content (AvgIpc) is 2.73. The zero-order valence-electron chi connectivity index (χ0n) is 10.7. The van der Waals surface area contributed by atoms with E-state index >= 15 is 0 Å². The molecule has 1 heterocycles. The number of hydrogen-bond acceptors (Lipinski definition) is 4. The third-order valence-corrected chi connectivity index (χ3v) is 3.79. The van der Waals surface area contributed by atoms with E-state index in [0.29, 0.717) is 6.61 Å². The highest BCUT2D eigenvalue weighted by atomic mass is 32.2. The molecule has 0 aliphatic heterocycles. The van der Waals surface area contributed by atoms with Crippen molar-refractivity contribution in [1.82, 2.24) is 0 Å². The molecule has 0 unspecified atom stereocenters. The molecular weight excluding hydrogens is 248 g/mol. The van der Waals surface area contributed by atoms with Crippen LogP contribution in [0, 0.1) is 0 Å². The first kappa shape index (κ1) is 13.0. The van der Waals surface area contributed by atoms with Gasteiger partial charge in [0.15, 0.2) is 0 Å². The van der Waals surface area contributed by atoms with Crippen molar-refractivity contribution in [3.63, 3.8) is 0 Å². The lowest BCUT2D eigenvalue weighted by Crippen LogP contribution is -2.29. The van der Waals surface area contributed by atoms with Crippen molar-refractivity contribution in [2.45, 2.75) is 30.4 Å². The lowest BCUT2D eigenvalue weighted by Gasteiger charge is -2.20. The van der Waals surface area contributed by atoms with Crippen LogP contribution in [-0.2, 0) is 9.53 Å². The van der Waals surface area contributed by atoms with Crippen molar-refractivity contribution in [1.29, 1.82) is 0 Å². The summed E-state index contributed by atoms with van der Waals surface area (Å²) in [6.45, 7) is 5.93. The molecule has 0 spiro atoms. The van der Waals surface area contributed by atoms with E-state index < -0.39 is 4.75 Å². The van der Waals surface area contributed by atoms with Gasteiger partial charge in [0.05, 0.1) is 11.5 Å². The lowest BCUT2D eigenvalue weighted by atomic mass is 10.2. The molecule has 96 valence electrons. The van der Waals surface area contributed by atoms with Crippen molar-refractivity contribution >= 4 is 28.7 Å². The maximum atomic E-state index is 11.9. The molecule has 0 aliphatic carbocycles. The van der Waals surface area contributed by atoms with E-state index in [-0.39, 0.29) is 5.97 Å². The van der Waals surface area contributed by atoms with Crippen molar-refractivity contribution in [3.05, 3.63) is 30.5 Å². The molecule has 0 fully saturated rings. The molecule has 0 amide bonds. The van der Waals surface area contributed by atoms with E-state index in [1.54, 1.807) is 6.26 Å². The molecule has 0 atom stereocenters. The number of benzene rings is 1. The molecule has 2 rings (SSSR count). The molecule has 1 aromatic heterocycles. The Balaban J connectivity index is 2.25. The molecule has 4 heteroatoms. The second-order valence-corrected chi connectivity index (χ2v) is 6.09. The fourth-order valence-corrected chi connectivity index (χ4v) is 2.72. The number of para-hydroxylation sites is 1. The Bertz CT molecular complexity index is 557. The molecule has 0 radical (unpaired) electrons. The van der Waals surface area contributed by atoms with Crippen molar-refractivity contribution in [2.75, 3.05) is 6.61 Å². The molecule has 0 bridgehead atoms. The van der Waals surface area contributed by atoms with Crippen LogP contribution >= 0.6 is 11.8 Å². The first-order chi connectivity index (χ1) is 8.54. The van der Waals surface area contributed by atoms with Crippen LogP contribution in [0.25, 0.3) is 11.0 Å². The first-order valence-corrected chi connectivity index (χ1v) is 6.68. The van der Waals surface area contributed by atoms with Crippen LogP contribution < -0.4 is 0 Å². The van der Waals surface area contributed by atoms with Gasteiger partial charge in [-0.25, -0.2) is 0 Å². The summed E-state index contributed by atoms with van der Waals surface area (Å²) in [6.07, 6.45) is 1.69. The predicted molar refractivity (Wildman–Crippen MR) is 72.8 cm³/mol. The summed E-state index contributed by atoms with van der Waals surface area (Å²) in [5, 5.41) is 1.03. The Morgan fingerprint density at radius 2 is 2.11 bits per heavy atom. The molecule has 0 saturated carbocycles. The standard InChI is InChI=1S/C14H16O3S/c1-4-16-13(15)14(2,3)18-12-9-17-11-8-6-5-7-10(11)12/h5-9H,4H2,1-3H3. The lowest BCUT2D eigenvalue weighted by molar-refractivity contribution is -0.145. The molecule has 0 aliphatic rings. The summed E-state index contributed by atoms with van der Waals surface area (Å²) in [5.74, 6) is -0.208. The van der Waals surface area contributed by atoms with Gasteiger partial charge in [-0.3, -0.25) is 4.79 Å². The fraction of sp³-hybridized carbons (Fsp3) is 0.357. The van der Waals surface area contributed by atoms with E-state index in [4.69, 9.17) is 9.15 Å². The Labute approximate surface area is 110 Å². The number of fused-ring (bicyclic) bond motifs is 1. The second kappa shape index (κ2) is 5.06. The number of carbonyl (C=O) groups excluding carboxylic acids is 1. The third kappa shape index (κ3) is 2.53. The monoisotopic (exact) mass is 264 g/mol. The van der Waals surface area contributed by atoms with Crippen LogP contribution in [0.4, 0.5) is 0 Å². The summed E-state index contributed by atoms with van der Waals surface area (Å²) in [6, 6.07) is 7.79. The van der Waals surface area contributed by atoms with Crippen LogP contribution in [0.5, 0.6) is 0 Å². The minimum absolute atomic E-state index is 0.208. The van der Waals surface area contributed by atoms with E-state index in [0.717, 1.165) is 15.9 Å². The number of ether oxygens (including phenoxy) is 1. The second-order valence-electron chi connectivity index (χ2n) is 4.43. The minimum atomic E-state index is -0.622. The minimum Gasteiger partial charge on any atom is -0.465 e.